The van der Waals surface area contributed by atoms with Gasteiger partial charge >= 0.3 is 18.4 Å². The molecule has 0 bridgehead atoms. The summed E-state index contributed by atoms with van der Waals surface area (Å²) >= 11 is 0. The number of hydrogen-bond donors (Lipinski definition) is 1. The van der Waals surface area contributed by atoms with Crippen LogP contribution in [0.2, 0.25) is 0 Å². The maximum absolute atomic E-state index is 13.4. The molecule has 11 heteroatoms. The molecule has 0 saturated carbocycles. The minimum atomic E-state index is -4.94. The van der Waals surface area contributed by atoms with Crippen molar-refractivity contribution in [1.29, 1.82) is 0 Å². The zero-order valence-electron chi connectivity index (χ0n) is 20.9. The van der Waals surface area contributed by atoms with E-state index in [0.717, 1.165) is 18.4 Å². The molecule has 38 heavy (non-hydrogen) atoms. The second-order valence-corrected chi connectivity index (χ2v) is 10.0. The second kappa shape index (κ2) is 11.1. The molecule has 2 fully saturated rings. The van der Waals surface area contributed by atoms with E-state index in [1.165, 1.54) is 6.92 Å². The van der Waals surface area contributed by atoms with Gasteiger partial charge in [0.1, 0.15) is 0 Å². The number of rotatable bonds is 4. The highest BCUT2D eigenvalue weighted by atomic mass is 19.4. The van der Waals surface area contributed by atoms with Crippen molar-refractivity contribution in [3.8, 4) is 0 Å². The number of nitrogens with two attached hydrogens (primary N) is 1. The molecule has 208 valence electrons. The van der Waals surface area contributed by atoms with E-state index in [1.54, 1.807) is 9.80 Å². The highest BCUT2D eigenvalue weighted by Crippen LogP contribution is 2.39. The van der Waals surface area contributed by atoms with Gasteiger partial charge in [-0.1, -0.05) is 30.3 Å². The molecular formula is C27H31F6N3O2. The second-order valence-electron chi connectivity index (χ2n) is 10.0. The first-order chi connectivity index (χ1) is 17.8. The summed E-state index contributed by atoms with van der Waals surface area (Å²) in [5.41, 5.74) is 3.88. The van der Waals surface area contributed by atoms with E-state index in [9.17, 15) is 31.1 Å². The molecule has 2 N–H and O–H groups in total. The summed E-state index contributed by atoms with van der Waals surface area (Å²) < 4.78 is 86.4. The largest absolute Gasteiger partial charge is 0.416 e. The Labute approximate surface area is 217 Å². The summed E-state index contributed by atoms with van der Waals surface area (Å²) in [7, 11) is 0. The Morgan fingerprint density at radius 3 is 2.00 bits per heavy atom. The molecule has 3 atom stereocenters. The van der Waals surface area contributed by atoms with Crippen molar-refractivity contribution in [3.05, 3.63) is 70.8 Å². The van der Waals surface area contributed by atoms with Gasteiger partial charge in [-0.05, 0) is 55.5 Å². The van der Waals surface area contributed by atoms with E-state index in [-0.39, 0.29) is 29.6 Å². The molecule has 4 rings (SSSR count). The normalized spacial score (nSPS) is 22.4. The number of piperidine rings is 2. The van der Waals surface area contributed by atoms with E-state index in [4.69, 9.17) is 10.5 Å². The number of alkyl halides is 6. The molecular weight excluding hydrogens is 512 g/mol. The van der Waals surface area contributed by atoms with Gasteiger partial charge in [0.05, 0.1) is 23.3 Å². The number of carbonyl (C=O) groups excluding carboxylic acids is 1. The molecule has 2 aromatic rings. The van der Waals surface area contributed by atoms with Crippen molar-refractivity contribution in [3.63, 3.8) is 0 Å². The van der Waals surface area contributed by atoms with Crippen LogP contribution in [-0.2, 0) is 17.1 Å². The summed E-state index contributed by atoms with van der Waals surface area (Å²) in [6.07, 6.45) is -9.60. The topological polar surface area (TPSA) is 58.8 Å². The van der Waals surface area contributed by atoms with Gasteiger partial charge in [-0.15, -0.1) is 0 Å². The highest BCUT2D eigenvalue weighted by Gasteiger charge is 2.39. The average molecular weight is 544 g/mol. The fraction of sp³-hybridized carbons (Fsp3) is 0.519. The molecule has 5 nitrogen and oxygen atoms in total. The van der Waals surface area contributed by atoms with Crippen LogP contribution in [-0.4, -0.2) is 54.2 Å². The van der Waals surface area contributed by atoms with Crippen molar-refractivity contribution < 1.29 is 35.9 Å². The van der Waals surface area contributed by atoms with Crippen molar-refractivity contribution in [1.82, 2.24) is 9.80 Å². The third-order valence-electron chi connectivity index (χ3n) is 7.32. The Balaban J connectivity index is 1.56. The lowest BCUT2D eigenvalue weighted by atomic mass is 9.87. The molecule has 2 amide bonds. The van der Waals surface area contributed by atoms with E-state index in [1.807, 2.05) is 30.3 Å². The zero-order valence-corrected chi connectivity index (χ0v) is 20.9. The van der Waals surface area contributed by atoms with Crippen LogP contribution >= 0.6 is 0 Å². The Morgan fingerprint density at radius 2 is 1.45 bits per heavy atom. The monoisotopic (exact) mass is 543 g/mol. The van der Waals surface area contributed by atoms with Gasteiger partial charge in [0.25, 0.3) is 0 Å². The number of carbonyl (C=O) groups is 1. The highest BCUT2D eigenvalue weighted by molar-refractivity contribution is 5.75. The first-order valence-electron chi connectivity index (χ1n) is 12.6. The van der Waals surface area contributed by atoms with Crippen LogP contribution in [0.3, 0.4) is 0 Å². The summed E-state index contributed by atoms with van der Waals surface area (Å²) in [5, 5.41) is 0. The summed E-state index contributed by atoms with van der Waals surface area (Å²) in [4.78, 5) is 16.7. The first kappa shape index (κ1) is 28.2. The Kier molecular flexibility index (Phi) is 8.27. The minimum absolute atomic E-state index is 0.0745. The van der Waals surface area contributed by atoms with Gasteiger partial charge in [-0.2, -0.15) is 26.3 Å². The predicted octanol–water partition coefficient (Wildman–Crippen LogP) is 6.20. The van der Waals surface area contributed by atoms with Crippen LogP contribution in [0.5, 0.6) is 0 Å². The fourth-order valence-corrected chi connectivity index (χ4v) is 5.13. The smallest absolute Gasteiger partial charge is 0.370 e. The molecule has 2 aliphatic heterocycles. The maximum Gasteiger partial charge on any atom is 0.416 e. The molecule has 0 aromatic heterocycles. The van der Waals surface area contributed by atoms with Crippen LogP contribution < -0.4 is 5.73 Å². The minimum Gasteiger partial charge on any atom is -0.370 e. The van der Waals surface area contributed by atoms with E-state index in [0.29, 0.717) is 44.7 Å². The van der Waals surface area contributed by atoms with Gasteiger partial charge in [0.15, 0.2) is 0 Å². The maximum atomic E-state index is 13.4. The van der Waals surface area contributed by atoms with E-state index >= 15 is 0 Å². The van der Waals surface area contributed by atoms with Crippen LogP contribution in [0.15, 0.2) is 48.5 Å². The first-order valence-corrected chi connectivity index (χ1v) is 12.6. The SMILES string of the molecule is C[C@@H](O[C@H]1CCN(C(=O)N2CCC(N)CC2)C[C@H]1c1ccccc1)c1cc(C(F)(F)F)cc(C(F)(F)F)c1. The summed E-state index contributed by atoms with van der Waals surface area (Å²) in [6, 6.07) is 10.8. The number of amides is 2. The van der Waals surface area contributed by atoms with Crippen LogP contribution in [0, 0.1) is 0 Å². The van der Waals surface area contributed by atoms with Crippen molar-refractivity contribution >= 4 is 6.03 Å². The van der Waals surface area contributed by atoms with Crippen LogP contribution in [0.1, 0.15) is 60.5 Å². The number of urea groups is 1. The van der Waals surface area contributed by atoms with Crippen LogP contribution in [0.25, 0.3) is 0 Å². The van der Waals surface area contributed by atoms with Gasteiger partial charge in [0.2, 0.25) is 0 Å². The van der Waals surface area contributed by atoms with E-state index in [2.05, 4.69) is 0 Å². The van der Waals surface area contributed by atoms with Gasteiger partial charge < -0.3 is 20.3 Å². The number of nitrogens with zero attached hydrogens (tertiary/aromatic N) is 2. The van der Waals surface area contributed by atoms with Gasteiger partial charge in [-0.3, -0.25) is 0 Å². The van der Waals surface area contributed by atoms with E-state index < -0.39 is 35.7 Å². The van der Waals surface area contributed by atoms with Crippen LogP contribution in [0.4, 0.5) is 31.1 Å². The van der Waals surface area contributed by atoms with Crippen molar-refractivity contribution in [2.45, 2.75) is 62.7 Å². The van der Waals surface area contributed by atoms with Crippen molar-refractivity contribution in [2.24, 2.45) is 5.73 Å². The quantitative estimate of drug-likeness (QED) is 0.467. The molecule has 0 aliphatic carbocycles. The standard InChI is InChI=1S/C27H31F6N3O2/c1-17(19-13-20(26(28,29)30)15-21(14-19)27(31,32)33)38-24-9-12-36(16-23(24)18-5-3-2-4-6-18)25(37)35-10-7-22(34)8-11-35/h2-6,13-15,17,22-24H,7-12,16,34H2,1H3/t17-,23+,24+/m1/s1. The molecule has 0 spiro atoms. The Morgan fingerprint density at radius 1 is 0.895 bits per heavy atom. The fourth-order valence-electron chi connectivity index (χ4n) is 5.13. The Bertz CT molecular complexity index is 1070. The zero-order chi connectivity index (χ0) is 27.7. The number of halogens is 6. The molecule has 2 aromatic carbocycles. The number of benzene rings is 2. The molecule has 2 aliphatic rings. The molecule has 0 unspecified atom stereocenters. The van der Waals surface area contributed by atoms with Crippen molar-refractivity contribution in [2.75, 3.05) is 26.2 Å². The molecule has 0 radical (unpaired) electrons. The lowest BCUT2D eigenvalue weighted by molar-refractivity contribution is -0.143. The number of hydrogen-bond acceptors (Lipinski definition) is 3. The van der Waals surface area contributed by atoms with Gasteiger partial charge in [-0.25, -0.2) is 4.79 Å². The third-order valence-corrected chi connectivity index (χ3v) is 7.32. The molecule has 2 heterocycles. The lowest BCUT2D eigenvalue weighted by Gasteiger charge is -2.42. The third kappa shape index (κ3) is 6.61. The number of likely N-dealkylation sites (tertiary alicyclic amines) is 2. The van der Waals surface area contributed by atoms with Gasteiger partial charge in [0, 0.05) is 38.1 Å². The lowest BCUT2D eigenvalue weighted by Crippen LogP contribution is -2.53. The summed E-state index contributed by atoms with van der Waals surface area (Å²) in [6.45, 7) is 3.27. The Hall–Kier alpha value is -2.79. The predicted molar refractivity (Wildman–Crippen MR) is 129 cm³/mol. The summed E-state index contributed by atoms with van der Waals surface area (Å²) in [5.74, 6) is -0.309. The molecule has 2 saturated heterocycles. The average Bonchev–Trinajstić information content (AvgIpc) is 2.88. The number of ether oxygens (including phenoxy) is 1.